The van der Waals surface area contributed by atoms with Crippen molar-refractivity contribution in [3.8, 4) is 11.5 Å². The van der Waals surface area contributed by atoms with Gasteiger partial charge in [-0.2, -0.15) is 0 Å². The molecule has 1 aromatic carbocycles. The number of fused-ring (bicyclic) bond motifs is 1. The first-order valence-corrected chi connectivity index (χ1v) is 7.12. The fraction of sp³-hybridized carbons (Fsp3) is 0.533. The molecule has 5 nitrogen and oxygen atoms in total. The van der Waals surface area contributed by atoms with Gasteiger partial charge in [-0.25, -0.2) is 0 Å². The molecule has 0 aliphatic carbocycles. The van der Waals surface area contributed by atoms with Crippen molar-refractivity contribution in [3.05, 3.63) is 18.2 Å². The molecule has 0 fully saturated rings. The van der Waals surface area contributed by atoms with Gasteiger partial charge in [0, 0.05) is 24.7 Å². The number of rotatable bonds is 4. The minimum atomic E-state index is 0.431. The molecule has 0 spiro atoms. The van der Waals surface area contributed by atoms with Crippen molar-refractivity contribution < 1.29 is 9.47 Å². The molecule has 20 heavy (non-hydrogen) atoms. The van der Waals surface area contributed by atoms with Crippen molar-refractivity contribution in [2.75, 3.05) is 25.1 Å². The van der Waals surface area contributed by atoms with E-state index in [1.54, 1.807) is 0 Å². The fourth-order valence-corrected chi connectivity index (χ4v) is 1.87. The van der Waals surface area contributed by atoms with Crippen LogP contribution in [0.5, 0.6) is 11.5 Å². The minimum absolute atomic E-state index is 0.431. The van der Waals surface area contributed by atoms with Crippen LogP contribution in [0.3, 0.4) is 0 Å². The Morgan fingerprint density at radius 2 is 2.05 bits per heavy atom. The third-order valence-corrected chi connectivity index (χ3v) is 3.01. The normalized spacial score (nSPS) is 15.1. The molecule has 0 saturated carbocycles. The first-order valence-electron chi connectivity index (χ1n) is 7.12. The van der Waals surface area contributed by atoms with Gasteiger partial charge in [0.15, 0.2) is 17.5 Å². The number of benzene rings is 1. The number of ether oxygens (including phenoxy) is 2. The van der Waals surface area contributed by atoms with E-state index in [-0.39, 0.29) is 0 Å². The van der Waals surface area contributed by atoms with Crippen molar-refractivity contribution in [2.45, 2.75) is 26.7 Å². The number of nitrogens with one attached hydrogen (secondary N) is 1. The molecule has 0 amide bonds. The third-order valence-electron chi connectivity index (χ3n) is 3.01. The lowest BCUT2D eigenvalue weighted by atomic mass is 10.1. The summed E-state index contributed by atoms with van der Waals surface area (Å²) in [6.07, 6.45) is 1.93. The van der Waals surface area contributed by atoms with Gasteiger partial charge >= 0.3 is 0 Å². The molecule has 5 heteroatoms. The van der Waals surface area contributed by atoms with Gasteiger partial charge < -0.3 is 20.5 Å². The van der Waals surface area contributed by atoms with Crippen LogP contribution in [0.25, 0.3) is 0 Å². The van der Waals surface area contributed by atoms with E-state index < -0.39 is 0 Å². The monoisotopic (exact) mass is 277 g/mol. The molecular weight excluding hydrogens is 254 g/mol. The van der Waals surface area contributed by atoms with Gasteiger partial charge in [0.1, 0.15) is 0 Å². The Morgan fingerprint density at radius 1 is 1.30 bits per heavy atom. The van der Waals surface area contributed by atoms with Gasteiger partial charge in [0.2, 0.25) is 0 Å². The zero-order valence-corrected chi connectivity index (χ0v) is 12.2. The minimum Gasteiger partial charge on any atom is -0.490 e. The predicted molar refractivity (Wildman–Crippen MR) is 81.6 cm³/mol. The van der Waals surface area contributed by atoms with Crippen LogP contribution in [0, 0.1) is 5.92 Å². The quantitative estimate of drug-likeness (QED) is 0.655. The summed E-state index contributed by atoms with van der Waals surface area (Å²) in [6.45, 7) is 6.44. The lowest BCUT2D eigenvalue weighted by molar-refractivity contribution is 0.297. The van der Waals surface area contributed by atoms with Crippen LogP contribution in [-0.4, -0.2) is 25.7 Å². The first-order chi connectivity index (χ1) is 9.65. The van der Waals surface area contributed by atoms with Crippen molar-refractivity contribution in [2.24, 2.45) is 16.6 Å². The Hall–Kier alpha value is -1.91. The maximum atomic E-state index is 5.87. The zero-order valence-electron chi connectivity index (χ0n) is 12.2. The second-order valence-electron chi connectivity index (χ2n) is 5.29. The maximum absolute atomic E-state index is 5.87. The van der Waals surface area contributed by atoms with E-state index in [2.05, 4.69) is 24.2 Å². The molecule has 0 aromatic heterocycles. The van der Waals surface area contributed by atoms with Crippen LogP contribution in [0.2, 0.25) is 0 Å². The van der Waals surface area contributed by atoms with Gasteiger partial charge in [-0.1, -0.05) is 13.8 Å². The molecule has 1 heterocycles. The molecule has 0 atom stereocenters. The summed E-state index contributed by atoms with van der Waals surface area (Å²) in [5.74, 6) is 2.59. The molecule has 2 rings (SSSR count). The average molecular weight is 277 g/mol. The van der Waals surface area contributed by atoms with E-state index >= 15 is 0 Å². The summed E-state index contributed by atoms with van der Waals surface area (Å²) in [5, 5.41) is 3.08. The smallest absolute Gasteiger partial charge is 0.193 e. The number of hydrogen-bond donors (Lipinski definition) is 2. The number of nitrogens with two attached hydrogens (primary N) is 1. The van der Waals surface area contributed by atoms with Gasteiger partial charge in [0.05, 0.1) is 13.2 Å². The highest BCUT2D eigenvalue weighted by Gasteiger charge is 2.10. The van der Waals surface area contributed by atoms with Crippen LogP contribution >= 0.6 is 0 Å². The summed E-state index contributed by atoms with van der Waals surface area (Å²) >= 11 is 0. The number of nitrogens with zero attached hydrogens (tertiary/aromatic N) is 1. The Kier molecular flexibility index (Phi) is 5.09. The highest BCUT2D eigenvalue weighted by Crippen LogP contribution is 2.32. The second kappa shape index (κ2) is 7.03. The third kappa shape index (κ3) is 4.33. The molecule has 1 aliphatic rings. The molecule has 0 radical (unpaired) electrons. The molecule has 1 aliphatic heterocycles. The zero-order chi connectivity index (χ0) is 14.4. The molecule has 3 N–H and O–H groups in total. The van der Waals surface area contributed by atoms with Gasteiger partial charge in [-0.05, 0) is 24.5 Å². The summed E-state index contributed by atoms with van der Waals surface area (Å²) in [4.78, 5) is 4.30. The standard InChI is InChI=1S/C15H23N3O2/c1-11(2)6-7-17-15(16)18-12-4-5-13-14(10-12)20-9-3-8-19-13/h4-5,10-11H,3,6-9H2,1-2H3,(H3,16,17,18). The number of hydrogen-bond acceptors (Lipinski definition) is 3. The van der Waals surface area contributed by atoms with Crippen molar-refractivity contribution >= 4 is 11.6 Å². The Bertz CT molecular complexity index is 472. The SMILES string of the molecule is CC(C)CCN=C(N)Nc1ccc2c(c1)OCCCO2. The summed E-state index contributed by atoms with van der Waals surface area (Å²) < 4.78 is 11.2. The van der Waals surface area contributed by atoms with Crippen LogP contribution in [0.4, 0.5) is 5.69 Å². The summed E-state index contributed by atoms with van der Waals surface area (Å²) in [7, 11) is 0. The molecule has 0 unspecified atom stereocenters. The Labute approximate surface area is 120 Å². The lowest BCUT2D eigenvalue weighted by Gasteiger charge is -2.11. The topological polar surface area (TPSA) is 68.9 Å². The first kappa shape index (κ1) is 14.5. The van der Waals surface area contributed by atoms with Crippen molar-refractivity contribution in [1.29, 1.82) is 0 Å². The Balaban J connectivity index is 1.97. The highest BCUT2D eigenvalue weighted by atomic mass is 16.5. The van der Waals surface area contributed by atoms with Crippen LogP contribution in [0.15, 0.2) is 23.2 Å². The van der Waals surface area contributed by atoms with E-state index in [9.17, 15) is 0 Å². The average Bonchev–Trinajstić information content (AvgIpc) is 2.62. The van der Waals surface area contributed by atoms with Crippen LogP contribution < -0.4 is 20.5 Å². The highest BCUT2D eigenvalue weighted by molar-refractivity contribution is 5.92. The second-order valence-corrected chi connectivity index (χ2v) is 5.29. The number of guanidine groups is 1. The van der Waals surface area contributed by atoms with Crippen LogP contribution in [0.1, 0.15) is 26.7 Å². The van der Waals surface area contributed by atoms with E-state index in [0.29, 0.717) is 25.1 Å². The fourth-order valence-electron chi connectivity index (χ4n) is 1.87. The lowest BCUT2D eigenvalue weighted by Crippen LogP contribution is -2.23. The molecular formula is C15H23N3O2. The number of anilines is 1. The van der Waals surface area contributed by atoms with E-state index in [1.807, 2.05) is 18.2 Å². The van der Waals surface area contributed by atoms with Crippen LogP contribution in [-0.2, 0) is 0 Å². The summed E-state index contributed by atoms with van der Waals surface area (Å²) in [5.41, 5.74) is 6.73. The molecule has 0 bridgehead atoms. The van der Waals surface area contributed by atoms with E-state index in [4.69, 9.17) is 15.2 Å². The molecule has 110 valence electrons. The van der Waals surface area contributed by atoms with Gasteiger partial charge in [0.25, 0.3) is 0 Å². The van der Waals surface area contributed by atoms with Crippen molar-refractivity contribution in [3.63, 3.8) is 0 Å². The Morgan fingerprint density at radius 3 is 2.80 bits per heavy atom. The maximum Gasteiger partial charge on any atom is 0.193 e. The van der Waals surface area contributed by atoms with E-state index in [0.717, 1.165) is 36.6 Å². The predicted octanol–water partition coefficient (Wildman–Crippen LogP) is 2.62. The van der Waals surface area contributed by atoms with Crippen molar-refractivity contribution in [1.82, 2.24) is 0 Å². The number of aliphatic imine (C=N–C) groups is 1. The summed E-state index contributed by atoms with van der Waals surface area (Å²) in [6, 6.07) is 5.70. The largest absolute Gasteiger partial charge is 0.490 e. The molecule has 0 saturated heterocycles. The molecule has 1 aromatic rings. The van der Waals surface area contributed by atoms with E-state index in [1.165, 1.54) is 0 Å². The van der Waals surface area contributed by atoms with Gasteiger partial charge in [-0.3, -0.25) is 4.99 Å². The van der Waals surface area contributed by atoms with Gasteiger partial charge in [-0.15, -0.1) is 0 Å².